The molecule has 1 aliphatic rings. The fourth-order valence-corrected chi connectivity index (χ4v) is 5.41. The molecule has 0 spiro atoms. The van der Waals surface area contributed by atoms with Crippen molar-refractivity contribution in [2.75, 3.05) is 13.2 Å². The van der Waals surface area contributed by atoms with E-state index in [0.29, 0.717) is 41.7 Å². The number of rotatable bonds is 12. The third-order valence-corrected chi connectivity index (χ3v) is 7.94. The van der Waals surface area contributed by atoms with Gasteiger partial charge in [-0.15, -0.1) is 0 Å². The van der Waals surface area contributed by atoms with E-state index in [4.69, 9.17) is 23.7 Å². The first-order valence-corrected chi connectivity index (χ1v) is 15.3. The monoisotopic (exact) mass is 616 g/mol. The minimum atomic E-state index is -0.876. The highest BCUT2D eigenvalue weighted by Crippen LogP contribution is 2.36. The maximum Gasteiger partial charge on any atom is 0.513 e. The minimum absolute atomic E-state index is 0.0817. The Morgan fingerprint density at radius 1 is 0.800 bits per heavy atom. The molecule has 3 aromatic carbocycles. The first-order valence-electron chi connectivity index (χ1n) is 15.3. The lowest BCUT2D eigenvalue weighted by Gasteiger charge is -2.36. The van der Waals surface area contributed by atoms with Crippen LogP contribution in [-0.4, -0.2) is 43.4 Å². The molecule has 0 aliphatic heterocycles. The van der Waals surface area contributed by atoms with Gasteiger partial charge in [0.15, 0.2) is 0 Å². The molecule has 1 aliphatic carbocycles. The van der Waals surface area contributed by atoms with E-state index in [0.717, 1.165) is 36.1 Å². The summed E-state index contributed by atoms with van der Waals surface area (Å²) in [6.07, 6.45) is 4.26. The number of hydrogen-bond acceptors (Lipinski definition) is 9. The van der Waals surface area contributed by atoms with Crippen LogP contribution in [0.4, 0.5) is 4.79 Å². The summed E-state index contributed by atoms with van der Waals surface area (Å²) < 4.78 is 26.5. The minimum Gasteiger partial charge on any atom is -0.463 e. The molecule has 3 unspecified atom stereocenters. The molecule has 238 valence electrons. The molecule has 4 rings (SSSR count). The number of fused-ring (bicyclic) bond motifs is 1. The van der Waals surface area contributed by atoms with E-state index in [1.807, 2.05) is 0 Å². The number of ether oxygens (including phenoxy) is 5. The van der Waals surface area contributed by atoms with E-state index < -0.39 is 18.1 Å². The van der Waals surface area contributed by atoms with Crippen LogP contribution in [0.5, 0.6) is 11.5 Å². The van der Waals surface area contributed by atoms with E-state index in [2.05, 4.69) is 27.4 Å². The van der Waals surface area contributed by atoms with Crippen LogP contribution in [0.1, 0.15) is 73.6 Å². The van der Waals surface area contributed by atoms with Gasteiger partial charge in [0, 0.05) is 6.08 Å². The van der Waals surface area contributed by atoms with E-state index in [1.54, 1.807) is 36.4 Å². The molecular formula is C36H40O9. The summed E-state index contributed by atoms with van der Waals surface area (Å²) in [4.78, 5) is 48.8. The number of carbonyl (C=O) groups is 4. The molecule has 1 saturated carbocycles. The average molecular weight is 617 g/mol. The molecule has 9 heteroatoms. The Bertz CT molecular complexity index is 1510. The SMILES string of the molecule is C=CC(=O)OCCCCOC(=O)Oc1ccc(OC(=O)c2ccc3cc(C(=O)OC4CC(C)CCC4C(C)C)ccc3c2)cc1. The van der Waals surface area contributed by atoms with Gasteiger partial charge in [-0.05, 0) is 103 Å². The predicted molar refractivity (Wildman–Crippen MR) is 168 cm³/mol. The lowest BCUT2D eigenvalue weighted by Crippen LogP contribution is -2.35. The van der Waals surface area contributed by atoms with Crippen LogP contribution in [-0.2, 0) is 19.0 Å². The van der Waals surface area contributed by atoms with Crippen molar-refractivity contribution < 1.29 is 42.9 Å². The van der Waals surface area contributed by atoms with Gasteiger partial charge in [-0.1, -0.05) is 45.9 Å². The summed E-state index contributed by atoms with van der Waals surface area (Å²) in [5.74, 6) is 0.455. The van der Waals surface area contributed by atoms with Gasteiger partial charge in [0.25, 0.3) is 0 Å². The Morgan fingerprint density at radius 2 is 1.38 bits per heavy atom. The van der Waals surface area contributed by atoms with Crippen LogP contribution in [0.25, 0.3) is 10.8 Å². The van der Waals surface area contributed by atoms with E-state index in [-0.39, 0.29) is 36.8 Å². The molecule has 0 aromatic heterocycles. The zero-order valence-corrected chi connectivity index (χ0v) is 26.0. The topological polar surface area (TPSA) is 114 Å². The Hall–Kier alpha value is -4.66. The zero-order chi connectivity index (χ0) is 32.3. The Kier molecular flexibility index (Phi) is 11.7. The Balaban J connectivity index is 1.27. The van der Waals surface area contributed by atoms with E-state index in [9.17, 15) is 19.2 Å². The first kappa shape index (κ1) is 33.2. The second-order valence-corrected chi connectivity index (χ2v) is 11.7. The summed E-state index contributed by atoms with van der Waals surface area (Å²) in [6, 6.07) is 16.4. The van der Waals surface area contributed by atoms with Gasteiger partial charge >= 0.3 is 24.1 Å². The molecule has 0 amide bonds. The first-order chi connectivity index (χ1) is 21.6. The highest BCUT2D eigenvalue weighted by Gasteiger charge is 2.33. The van der Waals surface area contributed by atoms with Crippen molar-refractivity contribution in [3.63, 3.8) is 0 Å². The molecular weight excluding hydrogens is 576 g/mol. The second kappa shape index (κ2) is 15.9. The van der Waals surface area contributed by atoms with Gasteiger partial charge in [-0.2, -0.15) is 0 Å². The van der Waals surface area contributed by atoms with Crippen LogP contribution < -0.4 is 9.47 Å². The fourth-order valence-electron chi connectivity index (χ4n) is 5.41. The van der Waals surface area contributed by atoms with Gasteiger partial charge in [-0.3, -0.25) is 0 Å². The molecule has 0 saturated heterocycles. The fraction of sp³-hybridized carbons (Fsp3) is 0.389. The number of unbranched alkanes of at least 4 members (excludes halogenated alkanes) is 1. The molecule has 1 fully saturated rings. The zero-order valence-electron chi connectivity index (χ0n) is 26.0. The van der Waals surface area contributed by atoms with Crippen molar-refractivity contribution >= 4 is 34.8 Å². The lowest BCUT2D eigenvalue weighted by molar-refractivity contribution is -0.137. The molecule has 0 radical (unpaired) electrons. The predicted octanol–water partition coefficient (Wildman–Crippen LogP) is 7.70. The van der Waals surface area contributed by atoms with Crippen LogP contribution >= 0.6 is 0 Å². The standard InChI is InChI=1S/C36H40O9/c1-5-33(37)41-18-6-7-19-42-36(40)44-30-15-13-29(14-16-30)43-34(38)27-11-9-26-22-28(12-10-25(26)21-27)35(39)45-32-20-24(4)8-17-31(32)23(2)3/h5,9-16,21-24,31-32H,1,6-8,17-20H2,2-4H3. The summed E-state index contributed by atoms with van der Waals surface area (Å²) in [7, 11) is 0. The molecule has 0 heterocycles. The van der Waals surface area contributed by atoms with Crippen LogP contribution in [0.2, 0.25) is 0 Å². The normalized spacial score (nSPS) is 17.7. The summed E-state index contributed by atoms with van der Waals surface area (Å²) in [6.45, 7) is 10.2. The van der Waals surface area contributed by atoms with Crippen molar-refractivity contribution in [2.45, 2.75) is 59.0 Å². The van der Waals surface area contributed by atoms with Crippen molar-refractivity contribution in [3.05, 3.63) is 84.4 Å². The van der Waals surface area contributed by atoms with Crippen molar-refractivity contribution in [2.24, 2.45) is 17.8 Å². The summed E-state index contributed by atoms with van der Waals surface area (Å²) in [5, 5.41) is 1.59. The van der Waals surface area contributed by atoms with Gasteiger partial charge < -0.3 is 23.7 Å². The van der Waals surface area contributed by atoms with Crippen molar-refractivity contribution in [3.8, 4) is 11.5 Å². The second-order valence-electron chi connectivity index (χ2n) is 11.7. The quantitative estimate of drug-likeness (QED) is 0.0504. The van der Waals surface area contributed by atoms with Crippen LogP contribution in [0.3, 0.4) is 0 Å². The van der Waals surface area contributed by atoms with Crippen LogP contribution in [0, 0.1) is 17.8 Å². The Morgan fingerprint density at radius 3 is 1.98 bits per heavy atom. The third-order valence-electron chi connectivity index (χ3n) is 7.94. The summed E-state index contributed by atoms with van der Waals surface area (Å²) in [5.41, 5.74) is 0.827. The number of carbonyl (C=O) groups excluding carboxylic acids is 4. The molecule has 3 aromatic rings. The number of benzene rings is 3. The molecule has 0 bridgehead atoms. The number of esters is 3. The Labute approximate surface area is 263 Å². The van der Waals surface area contributed by atoms with Gasteiger partial charge in [0.05, 0.1) is 24.3 Å². The number of hydrogen-bond donors (Lipinski definition) is 0. The van der Waals surface area contributed by atoms with Gasteiger partial charge in [-0.25, -0.2) is 19.2 Å². The van der Waals surface area contributed by atoms with Gasteiger partial charge in [0.2, 0.25) is 0 Å². The third kappa shape index (κ3) is 9.66. The highest BCUT2D eigenvalue weighted by molar-refractivity contribution is 5.99. The lowest BCUT2D eigenvalue weighted by atomic mass is 9.75. The maximum atomic E-state index is 13.1. The van der Waals surface area contributed by atoms with E-state index >= 15 is 0 Å². The molecule has 3 atom stereocenters. The van der Waals surface area contributed by atoms with E-state index in [1.165, 1.54) is 24.3 Å². The molecule has 45 heavy (non-hydrogen) atoms. The van der Waals surface area contributed by atoms with Gasteiger partial charge in [0.1, 0.15) is 17.6 Å². The summed E-state index contributed by atoms with van der Waals surface area (Å²) >= 11 is 0. The van der Waals surface area contributed by atoms with Crippen LogP contribution in [0.15, 0.2) is 73.3 Å². The van der Waals surface area contributed by atoms with Crippen molar-refractivity contribution in [1.29, 1.82) is 0 Å². The highest BCUT2D eigenvalue weighted by atomic mass is 16.7. The average Bonchev–Trinajstić information content (AvgIpc) is 3.02. The maximum absolute atomic E-state index is 13.1. The molecule has 9 nitrogen and oxygen atoms in total. The van der Waals surface area contributed by atoms with Crippen molar-refractivity contribution in [1.82, 2.24) is 0 Å². The largest absolute Gasteiger partial charge is 0.513 e. The molecule has 0 N–H and O–H groups in total. The smallest absolute Gasteiger partial charge is 0.463 e.